The number of ether oxygens (including phenoxy) is 1. The molecule has 0 aromatic heterocycles. The summed E-state index contributed by atoms with van der Waals surface area (Å²) in [5, 5.41) is 0. The maximum absolute atomic E-state index is 11.0. The molecule has 0 fully saturated rings. The second-order valence-corrected chi connectivity index (χ2v) is 4.57. The molecule has 19 heavy (non-hydrogen) atoms. The molecule has 1 rings (SSSR count). The third-order valence-corrected chi connectivity index (χ3v) is 3.26. The van der Waals surface area contributed by atoms with Gasteiger partial charge in [-0.3, -0.25) is 4.79 Å². The molecule has 1 aromatic carbocycles. The molecule has 0 aliphatic rings. The molecule has 0 bridgehead atoms. The normalized spacial score (nSPS) is 10.3. The van der Waals surface area contributed by atoms with Crippen LogP contribution in [0.1, 0.15) is 50.4 Å². The van der Waals surface area contributed by atoms with E-state index in [0.717, 1.165) is 37.9 Å². The van der Waals surface area contributed by atoms with Crippen LogP contribution >= 0.6 is 0 Å². The van der Waals surface area contributed by atoms with Crippen LogP contribution in [0.2, 0.25) is 0 Å². The SMILES string of the molecule is CCCCCOc1cc(N(CC)CC)ccc1C=O. The maximum Gasteiger partial charge on any atom is 0.153 e. The smallest absolute Gasteiger partial charge is 0.153 e. The Morgan fingerprint density at radius 3 is 2.47 bits per heavy atom. The van der Waals surface area contributed by atoms with E-state index in [1.165, 1.54) is 6.42 Å². The summed E-state index contributed by atoms with van der Waals surface area (Å²) in [6.45, 7) is 8.99. The van der Waals surface area contributed by atoms with Gasteiger partial charge in [-0.2, -0.15) is 0 Å². The molecule has 0 saturated heterocycles. The number of nitrogens with zero attached hydrogens (tertiary/aromatic N) is 1. The number of benzene rings is 1. The molecule has 106 valence electrons. The number of unbranched alkanes of at least 4 members (excludes halogenated alkanes) is 2. The molecule has 3 heteroatoms. The van der Waals surface area contributed by atoms with Crippen molar-refractivity contribution in [3.8, 4) is 5.75 Å². The van der Waals surface area contributed by atoms with Crippen LogP contribution in [0.25, 0.3) is 0 Å². The number of anilines is 1. The first-order chi connectivity index (χ1) is 9.26. The second kappa shape index (κ2) is 8.57. The topological polar surface area (TPSA) is 29.5 Å². The Morgan fingerprint density at radius 1 is 1.16 bits per heavy atom. The molecule has 0 heterocycles. The van der Waals surface area contributed by atoms with E-state index in [-0.39, 0.29) is 0 Å². The molecule has 0 atom stereocenters. The number of aldehydes is 1. The Hall–Kier alpha value is -1.51. The van der Waals surface area contributed by atoms with Gasteiger partial charge in [0, 0.05) is 24.8 Å². The second-order valence-electron chi connectivity index (χ2n) is 4.57. The van der Waals surface area contributed by atoms with E-state index in [2.05, 4.69) is 25.7 Å². The van der Waals surface area contributed by atoms with Crippen LogP contribution in [0, 0.1) is 0 Å². The third-order valence-electron chi connectivity index (χ3n) is 3.26. The number of rotatable bonds is 9. The molecule has 0 saturated carbocycles. The molecule has 0 aliphatic heterocycles. The number of carbonyl (C=O) groups excluding carboxylic acids is 1. The lowest BCUT2D eigenvalue weighted by Crippen LogP contribution is -2.21. The van der Waals surface area contributed by atoms with E-state index in [4.69, 9.17) is 4.74 Å². The van der Waals surface area contributed by atoms with Crippen molar-refractivity contribution in [2.24, 2.45) is 0 Å². The first-order valence-corrected chi connectivity index (χ1v) is 7.23. The molecule has 1 aromatic rings. The minimum Gasteiger partial charge on any atom is -0.493 e. The molecule has 0 spiro atoms. The van der Waals surface area contributed by atoms with Crippen LogP contribution in [0.5, 0.6) is 5.75 Å². The van der Waals surface area contributed by atoms with Gasteiger partial charge in [-0.05, 0) is 32.4 Å². The maximum atomic E-state index is 11.0. The van der Waals surface area contributed by atoms with Gasteiger partial charge in [0.2, 0.25) is 0 Å². The van der Waals surface area contributed by atoms with Crippen LogP contribution in [0.3, 0.4) is 0 Å². The minimum absolute atomic E-state index is 0.632. The predicted octanol–water partition coefficient (Wildman–Crippen LogP) is 3.91. The Kier molecular flexibility index (Phi) is 7.01. The predicted molar refractivity (Wildman–Crippen MR) is 80.4 cm³/mol. The van der Waals surface area contributed by atoms with Gasteiger partial charge in [0.15, 0.2) is 6.29 Å². The Bertz CT molecular complexity index is 386. The summed E-state index contributed by atoms with van der Waals surface area (Å²) in [5.74, 6) is 0.704. The average Bonchev–Trinajstić information content (AvgIpc) is 2.45. The standard InChI is InChI=1S/C16H25NO2/c1-4-7-8-11-19-16-12-15(17(5-2)6-3)10-9-14(16)13-18/h9-10,12-13H,4-8,11H2,1-3H3. The molecule has 3 nitrogen and oxygen atoms in total. The summed E-state index contributed by atoms with van der Waals surface area (Å²) in [6, 6.07) is 5.80. The zero-order valence-corrected chi connectivity index (χ0v) is 12.3. The largest absolute Gasteiger partial charge is 0.493 e. The highest BCUT2D eigenvalue weighted by Gasteiger charge is 2.08. The highest BCUT2D eigenvalue weighted by molar-refractivity contribution is 5.80. The van der Waals surface area contributed by atoms with Crippen LogP contribution in [-0.4, -0.2) is 26.0 Å². The number of carbonyl (C=O) groups is 1. The van der Waals surface area contributed by atoms with Crippen LogP contribution in [-0.2, 0) is 0 Å². The van der Waals surface area contributed by atoms with Gasteiger partial charge < -0.3 is 9.64 Å². The van der Waals surface area contributed by atoms with Crippen molar-refractivity contribution in [1.82, 2.24) is 0 Å². The summed E-state index contributed by atoms with van der Waals surface area (Å²) in [7, 11) is 0. The minimum atomic E-state index is 0.632. The van der Waals surface area contributed by atoms with Gasteiger partial charge in [-0.25, -0.2) is 0 Å². The number of hydrogen-bond acceptors (Lipinski definition) is 3. The molecular formula is C16H25NO2. The van der Waals surface area contributed by atoms with Gasteiger partial charge in [0.05, 0.1) is 12.2 Å². The van der Waals surface area contributed by atoms with Crippen LogP contribution in [0.4, 0.5) is 5.69 Å². The van der Waals surface area contributed by atoms with Crippen LogP contribution < -0.4 is 9.64 Å². The molecule has 0 aliphatic carbocycles. The number of hydrogen-bond donors (Lipinski definition) is 0. The van der Waals surface area contributed by atoms with Crippen molar-refractivity contribution in [3.05, 3.63) is 23.8 Å². The quantitative estimate of drug-likeness (QED) is 0.499. The van der Waals surface area contributed by atoms with E-state index in [1.807, 2.05) is 18.2 Å². The highest BCUT2D eigenvalue weighted by atomic mass is 16.5. The molecular weight excluding hydrogens is 238 g/mol. The molecule has 0 radical (unpaired) electrons. The average molecular weight is 263 g/mol. The molecule has 0 amide bonds. The van der Waals surface area contributed by atoms with E-state index in [1.54, 1.807) is 0 Å². The fourth-order valence-corrected chi connectivity index (χ4v) is 2.07. The summed E-state index contributed by atoms with van der Waals surface area (Å²) < 4.78 is 5.75. The van der Waals surface area contributed by atoms with Crippen molar-refractivity contribution in [3.63, 3.8) is 0 Å². The van der Waals surface area contributed by atoms with Crippen molar-refractivity contribution < 1.29 is 9.53 Å². The molecule has 0 N–H and O–H groups in total. The summed E-state index contributed by atoms with van der Waals surface area (Å²) in [6.07, 6.45) is 4.22. The first-order valence-electron chi connectivity index (χ1n) is 7.23. The van der Waals surface area contributed by atoms with E-state index in [0.29, 0.717) is 17.9 Å². The van der Waals surface area contributed by atoms with E-state index < -0.39 is 0 Å². The van der Waals surface area contributed by atoms with Crippen molar-refractivity contribution in [1.29, 1.82) is 0 Å². The van der Waals surface area contributed by atoms with Gasteiger partial charge in [-0.15, -0.1) is 0 Å². The highest BCUT2D eigenvalue weighted by Crippen LogP contribution is 2.25. The van der Waals surface area contributed by atoms with Crippen molar-refractivity contribution in [2.45, 2.75) is 40.0 Å². The summed E-state index contributed by atoms with van der Waals surface area (Å²) in [5.41, 5.74) is 1.74. The lowest BCUT2D eigenvalue weighted by Gasteiger charge is -2.22. The van der Waals surface area contributed by atoms with Crippen molar-refractivity contribution in [2.75, 3.05) is 24.6 Å². The lowest BCUT2D eigenvalue weighted by atomic mass is 10.2. The van der Waals surface area contributed by atoms with E-state index in [9.17, 15) is 4.79 Å². The Morgan fingerprint density at radius 2 is 1.89 bits per heavy atom. The van der Waals surface area contributed by atoms with Gasteiger partial charge in [-0.1, -0.05) is 19.8 Å². The zero-order chi connectivity index (χ0) is 14.1. The third kappa shape index (κ3) is 4.58. The first kappa shape index (κ1) is 15.5. The van der Waals surface area contributed by atoms with E-state index >= 15 is 0 Å². The lowest BCUT2D eigenvalue weighted by molar-refractivity contribution is 0.111. The fraction of sp³-hybridized carbons (Fsp3) is 0.562. The van der Waals surface area contributed by atoms with Gasteiger partial charge >= 0.3 is 0 Å². The van der Waals surface area contributed by atoms with Gasteiger partial charge in [0.1, 0.15) is 5.75 Å². The van der Waals surface area contributed by atoms with Crippen molar-refractivity contribution >= 4 is 12.0 Å². The summed E-state index contributed by atoms with van der Waals surface area (Å²) >= 11 is 0. The molecule has 0 unspecified atom stereocenters. The Balaban J connectivity index is 2.80. The van der Waals surface area contributed by atoms with Crippen LogP contribution in [0.15, 0.2) is 18.2 Å². The zero-order valence-electron chi connectivity index (χ0n) is 12.3. The fourth-order valence-electron chi connectivity index (χ4n) is 2.07. The monoisotopic (exact) mass is 263 g/mol. The summed E-state index contributed by atoms with van der Waals surface area (Å²) in [4.78, 5) is 13.3. The van der Waals surface area contributed by atoms with Gasteiger partial charge in [0.25, 0.3) is 0 Å². The Labute approximate surface area is 116 Å².